The van der Waals surface area contributed by atoms with Gasteiger partial charge in [0.05, 0.1) is 37.0 Å². The number of benzene rings is 2. The van der Waals surface area contributed by atoms with Crippen molar-refractivity contribution in [3.63, 3.8) is 0 Å². The number of rotatable bonds is 6. The maximum absolute atomic E-state index is 13.1. The van der Waals surface area contributed by atoms with Crippen LogP contribution in [0, 0.1) is 13.8 Å². The third-order valence-electron chi connectivity index (χ3n) is 4.26. The van der Waals surface area contributed by atoms with Crippen molar-refractivity contribution in [2.75, 3.05) is 18.9 Å². The predicted octanol–water partition coefficient (Wildman–Crippen LogP) is 4.07. The van der Waals surface area contributed by atoms with Crippen LogP contribution in [-0.4, -0.2) is 32.4 Å². The quantitative estimate of drug-likeness (QED) is 0.593. The SMILES string of the molecule is COc1cc(Br)c(S(=O)(=O)Nc2c(C)nn(-c3ccccc3)c2C)cc1OC. The van der Waals surface area contributed by atoms with E-state index in [4.69, 9.17) is 9.47 Å². The number of nitrogens with zero attached hydrogens (tertiary/aromatic N) is 2. The molecule has 7 nitrogen and oxygen atoms in total. The zero-order chi connectivity index (χ0) is 20.5. The van der Waals surface area contributed by atoms with Crippen molar-refractivity contribution in [3.05, 3.63) is 58.3 Å². The van der Waals surface area contributed by atoms with Crippen LogP contribution in [0.2, 0.25) is 0 Å². The molecule has 0 aliphatic rings. The standard InChI is InChI=1S/C19H20BrN3O4S/c1-12-19(13(2)23(21-12)14-8-6-5-7-9-14)22-28(24,25)18-11-17(27-4)16(26-3)10-15(18)20/h5-11,22H,1-4H3. The highest BCUT2D eigenvalue weighted by Gasteiger charge is 2.24. The Balaban J connectivity index is 2.04. The third-order valence-corrected chi connectivity index (χ3v) is 6.56. The van der Waals surface area contributed by atoms with E-state index in [-0.39, 0.29) is 4.90 Å². The molecule has 0 saturated heterocycles. The maximum atomic E-state index is 13.1. The minimum absolute atomic E-state index is 0.0383. The summed E-state index contributed by atoms with van der Waals surface area (Å²) in [5.41, 5.74) is 2.54. The first-order chi connectivity index (χ1) is 13.3. The number of aryl methyl sites for hydroxylation is 1. The van der Waals surface area contributed by atoms with Gasteiger partial charge in [0.2, 0.25) is 0 Å². The number of aromatic nitrogens is 2. The molecule has 3 aromatic rings. The lowest BCUT2D eigenvalue weighted by atomic mass is 10.3. The van der Waals surface area contributed by atoms with Crippen molar-refractivity contribution in [1.29, 1.82) is 0 Å². The van der Waals surface area contributed by atoms with Crippen molar-refractivity contribution < 1.29 is 17.9 Å². The van der Waals surface area contributed by atoms with Crippen molar-refractivity contribution in [3.8, 4) is 17.2 Å². The van der Waals surface area contributed by atoms with E-state index in [0.29, 0.717) is 33.0 Å². The molecule has 1 aromatic heterocycles. The van der Waals surface area contributed by atoms with Gasteiger partial charge in [-0.3, -0.25) is 4.72 Å². The summed E-state index contributed by atoms with van der Waals surface area (Å²) < 4.78 is 41.3. The first-order valence-electron chi connectivity index (χ1n) is 8.34. The summed E-state index contributed by atoms with van der Waals surface area (Å²) in [6, 6.07) is 12.5. The van der Waals surface area contributed by atoms with Crippen molar-refractivity contribution in [2.45, 2.75) is 18.7 Å². The summed E-state index contributed by atoms with van der Waals surface area (Å²) >= 11 is 3.30. The Morgan fingerprint density at radius 3 is 2.25 bits per heavy atom. The number of nitrogens with one attached hydrogen (secondary N) is 1. The van der Waals surface area contributed by atoms with E-state index in [2.05, 4.69) is 25.8 Å². The Labute approximate surface area is 172 Å². The smallest absolute Gasteiger partial charge is 0.263 e. The predicted molar refractivity (Wildman–Crippen MR) is 111 cm³/mol. The first kappa shape index (κ1) is 20.2. The van der Waals surface area contributed by atoms with Crippen molar-refractivity contribution >= 4 is 31.6 Å². The minimum atomic E-state index is -3.90. The second kappa shape index (κ2) is 7.84. The zero-order valence-electron chi connectivity index (χ0n) is 15.9. The molecule has 0 atom stereocenters. The average Bonchev–Trinajstić information content (AvgIpc) is 2.96. The van der Waals surface area contributed by atoms with Crippen LogP contribution in [0.15, 0.2) is 51.8 Å². The Bertz CT molecular complexity index is 1110. The molecule has 28 heavy (non-hydrogen) atoms. The molecule has 148 valence electrons. The number of methoxy groups -OCH3 is 2. The van der Waals surface area contributed by atoms with Gasteiger partial charge in [-0.25, -0.2) is 13.1 Å². The number of para-hydroxylation sites is 1. The summed E-state index contributed by atoms with van der Waals surface area (Å²) in [5.74, 6) is 0.747. The zero-order valence-corrected chi connectivity index (χ0v) is 18.3. The van der Waals surface area contributed by atoms with Crippen LogP contribution in [-0.2, 0) is 10.0 Å². The van der Waals surface area contributed by atoms with Crippen LogP contribution < -0.4 is 14.2 Å². The molecule has 0 amide bonds. The lowest BCUT2D eigenvalue weighted by Crippen LogP contribution is -2.15. The van der Waals surface area contributed by atoms with Gasteiger partial charge in [0, 0.05) is 10.5 Å². The Kier molecular flexibility index (Phi) is 5.66. The van der Waals surface area contributed by atoms with Crippen LogP contribution in [0.1, 0.15) is 11.4 Å². The molecule has 0 bridgehead atoms. The Morgan fingerprint density at radius 2 is 1.64 bits per heavy atom. The van der Waals surface area contributed by atoms with Gasteiger partial charge in [-0.05, 0) is 48.0 Å². The normalized spacial score (nSPS) is 11.3. The molecule has 1 heterocycles. The second-order valence-electron chi connectivity index (χ2n) is 6.04. The molecule has 0 saturated carbocycles. The fraction of sp³-hybridized carbons (Fsp3) is 0.211. The summed E-state index contributed by atoms with van der Waals surface area (Å²) in [6.45, 7) is 3.57. The van der Waals surface area contributed by atoms with Crippen molar-refractivity contribution in [1.82, 2.24) is 9.78 Å². The highest BCUT2D eigenvalue weighted by atomic mass is 79.9. The van der Waals surface area contributed by atoms with Gasteiger partial charge < -0.3 is 9.47 Å². The lowest BCUT2D eigenvalue weighted by molar-refractivity contribution is 0.353. The average molecular weight is 466 g/mol. The van der Waals surface area contributed by atoms with Crippen molar-refractivity contribution in [2.24, 2.45) is 0 Å². The van der Waals surface area contributed by atoms with Gasteiger partial charge in [-0.15, -0.1) is 0 Å². The summed E-state index contributed by atoms with van der Waals surface area (Å²) in [5, 5.41) is 4.48. The lowest BCUT2D eigenvalue weighted by Gasteiger charge is -2.14. The van der Waals surface area contributed by atoms with Crippen LogP contribution in [0.5, 0.6) is 11.5 Å². The van der Waals surface area contributed by atoms with Gasteiger partial charge in [0.25, 0.3) is 10.0 Å². The number of hydrogen-bond donors (Lipinski definition) is 1. The molecule has 3 rings (SSSR count). The molecule has 1 N–H and O–H groups in total. The molecular formula is C19H20BrN3O4S. The highest BCUT2D eigenvalue weighted by molar-refractivity contribution is 9.10. The van der Waals surface area contributed by atoms with Gasteiger partial charge in [-0.2, -0.15) is 5.10 Å². The number of ether oxygens (including phenoxy) is 2. The number of halogens is 1. The summed E-state index contributed by atoms with van der Waals surface area (Å²) in [6.07, 6.45) is 0. The molecule has 0 spiro atoms. The van der Waals surface area contributed by atoms with E-state index < -0.39 is 10.0 Å². The highest BCUT2D eigenvalue weighted by Crippen LogP contribution is 2.36. The van der Waals surface area contributed by atoms with E-state index in [0.717, 1.165) is 5.69 Å². The molecule has 0 fully saturated rings. The minimum Gasteiger partial charge on any atom is -0.493 e. The number of anilines is 1. The van der Waals surface area contributed by atoms with Gasteiger partial charge >= 0.3 is 0 Å². The topological polar surface area (TPSA) is 82.5 Å². The fourth-order valence-electron chi connectivity index (χ4n) is 2.84. The van der Waals surface area contributed by atoms with Gasteiger partial charge in [0.15, 0.2) is 11.5 Å². The molecule has 9 heteroatoms. The Morgan fingerprint density at radius 1 is 1.04 bits per heavy atom. The molecule has 2 aromatic carbocycles. The van der Waals surface area contributed by atoms with Crippen LogP contribution in [0.3, 0.4) is 0 Å². The first-order valence-corrected chi connectivity index (χ1v) is 10.6. The monoisotopic (exact) mass is 465 g/mol. The summed E-state index contributed by atoms with van der Waals surface area (Å²) in [4.78, 5) is 0.0383. The number of hydrogen-bond acceptors (Lipinski definition) is 5. The molecule has 0 aliphatic carbocycles. The molecule has 0 radical (unpaired) electrons. The number of sulfonamides is 1. The molecule has 0 unspecified atom stereocenters. The van der Waals surface area contributed by atoms with E-state index >= 15 is 0 Å². The van der Waals surface area contributed by atoms with Crippen LogP contribution in [0.25, 0.3) is 5.69 Å². The second-order valence-corrected chi connectivity index (χ2v) is 8.54. The fourth-order valence-corrected chi connectivity index (χ4v) is 5.06. The molecule has 0 aliphatic heterocycles. The third kappa shape index (κ3) is 3.72. The van der Waals surface area contributed by atoms with Crippen LogP contribution in [0.4, 0.5) is 5.69 Å². The van der Waals surface area contributed by atoms with E-state index in [1.165, 1.54) is 20.3 Å². The Hall–Kier alpha value is -2.52. The van der Waals surface area contributed by atoms with Crippen LogP contribution >= 0.6 is 15.9 Å². The van der Waals surface area contributed by atoms with Gasteiger partial charge in [-0.1, -0.05) is 18.2 Å². The maximum Gasteiger partial charge on any atom is 0.263 e. The van der Waals surface area contributed by atoms with E-state index in [1.54, 1.807) is 17.7 Å². The largest absolute Gasteiger partial charge is 0.493 e. The van der Waals surface area contributed by atoms with E-state index in [9.17, 15) is 8.42 Å². The molecular weight excluding hydrogens is 446 g/mol. The van der Waals surface area contributed by atoms with E-state index in [1.807, 2.05) is 37.3 Å². The summed E-state index contributed by atoms with van der Waals surface area (Å²) in [7, 11) is -0.962. The van der Waals surface area contributed by atoms with Gasteiger partial charge in [0.1, 0.15) is 4.90 Å².